The standard InChI is InChI=1S/C54H31N5O/c1-2-15-32(16-3-1)57-44-26-12-8-22-40(44)51-50-41(23-14-27-45(50)57)55-54(56-51)59-43-25-11-7-21-39(43)49-37-19-5-4-18-36(37)48-38-20-6-10-24-42(38)58(52(48)53(49)59)33-29-30-35-34-17-9-13-28-46(34)60-47(35)31-33/h1-31H. The van der Waals surface area contributed by atoms with Gasteiger partial charge in [0, 0.05) is 49.6 Å². The van der Waals surface area contributed by atoms with Crippen LogP contribution in [0.15, 0.2) is 192 Å². The lowest BCUT2D eigenvalue weighted by Crippen LogP contribution is -2.16. The molecule has 1 aliphatic heterocycles. The van der Waals surface area contributed by atoms with Crippen LogP contribution in [0.1, 0.15) is 0 Å². The molecule has 60 heavy (non-hydrogen) atoms. The zero-order valence-corrected chi connectivity index (χ0v) is 32.0. The minimum Gasteiger partial charge on any atom is -0.456 e. The third kappa shape index (κ3) is 4.11. The molecular weight excluding hydrogens is 735 g/mol. The molecule has 278 valence electrons. The van der Waals surface area contributed by atoms with Crippen LogP contribution >= 0.6 is 0 Å². The van der Waals surface area contributed by atoms with Crippen LogP contribution in [0.2, 0.25) is 0 Å². The highest BCUT2D eigenvalue weighted by molar-refractivity contribution is 6.36. The molecule has 0 amide bonds. The number of benzene rings is 9. The molecular formula is C54H31N5O. The van der Waals surface area contributed by atoms with Crippen LogP contribution in [0.4, 0.5) is 17.1 Å². The lowest BCUT2D eigenvalue weighted by molar-refractivity contribution is 0.668. The Kier molecular flexibility index (Phi) is 6.20. The maximum absolute atomic E-state index is 6.52. The molecule has 0 N–H and O–H groups in total. The first kappa shape index (κ1) is 31.8. The molecule has 0 spiro atoms. The Morgan fingerprint density at radius 2 is 0.983 bits per heavy atom. The van der Waals surface area contributed by atoms with Gasteiger partial charge in [-0.2, -0.15) is 0 Å². The predicted octanol–water partition coefficient (Wildman–Crippen LogP) is 14.3. The average molecular weight is 766 g/mol. The third-order valence-corrected chi connectivity index (χ3v) is 12.6. The fourth-order valence-electron chi connectivity index (χ4n) is 10.2. The van der Waals surface area contributed by atoms with Gasteiger partial charge >= 0.3 is 0 Å². The van der Waals surface area contributed by atoms with Crippen molar-refractivity contribution in [2.45, 2.75) is 0 Å². The zero-order chi connectivity index (χ0) is 39.1. The summed E-state index contributed by atoms with van der Waals surface area (Å²) in [7, 11) is 0. The van der Waals surface area contributed by atoms with Crippen molar-refractivity contribution in [2.75, 3.05) is 4.90 Å². The number of aromatic nitrogens is 4. The van der Waals surface area contributed by atoms with Crippen LogP contribution in [0.3, 0.4) is 0 Å². The summed E-state index contributed by atoms with van der Waals surface area (Å²) < 4.78 is 11.3. The van der Waals surface area contributed by atoms with Gasteiger partial charge in [0.05, 0.1) is 55.7 Å². The molecule has 0 fully saturated rings. The summed E-state index contributed by atoms with van der Waals surface area (Å²) in [5, 5.41) is 10.3. The first-order valence-corrected chi connectivity index (χ1v) is 20.3. The highest BCUT2D eigenvalue weighted by Crippen LogP contribution is 2.51. The van der Waals surface area contributed by atoms with Gasteiger partial charge in [0.15, 0.2) is 0 Å². The van der Waals surface area contributed by atoms with Crippen molar-refractivity contribution >= 4 is 104 Å². The summed E-state index contributed by atoms with van der Waals surface area (Å²) in [6.45, 7) is 0. The number of hydrogen-bond acceptors (Lipinski definition) is 4. The van der Waals surface area contributed by atoms with Gasteiger partial charge in [-0.15, -0.1) is 0 Å². The fourth-order valence-corrected chi connectivity index (χ4v) is 10.2. The Hall–Kier alpha value is -8.22. The van der Waals surface area contributed by atoms with E-state index in [1.807, 2.05) is 12.1 Å². The first-order valence-electron chi connectivity index (χ1n) is 20.3. The van der Waals surface area contributed by atoms with E-state index < -0.39 is 0 Å². The normalized spacial score (nSPS) is 12.6. The van der Waals surface area contributed by atoms with E-state index in [2.05, 4.69) is 190 Å². The Bertz CT molecular complexity index is 3970. The van der Waals surface area contributed by atoms with E-state index in [1.165, 1.54) is 26.9 Å². The van der Waals surface area contributed by atoms with Crippen molar-refractivity contribution in [1.29, 1.82) is 0 Å². The molecule has 0 unspecified atom stereocenters. The molecule has 6 heteroatoms. The maximum atomic E-state index is 6.52. The predicted molar refractivity (Wildman–Crippen MR) is 247 cm³/mol. The van der Waals surface area contributed by atoms with E-state index >= 15 is 0 Å². The van der Waals surface area contributed by atoms with Crippen LogP contribution in [-0.2, 0) is 0 Å². The van der Waals surface area contributed by atoms with Gasteiger partial charge < -0.3 is 13.9 Å². The van der Waals surface area contributed by atoms with Crippen LogP contribution in [-0.4, -0.2) is 19.1 Å². The molecule has 0 saturated carbocycles. The number of para-hydroxylation sites is 5. The number of nitrogens with zero attached hydrogens (tertiary/aromatic N) is 5. The van der Waals surface area contributed by atoms with Gasteiger partial charge in [-0.05, 0) is 71.4 Å². The molecule has 13 aromatic rings. The maximum Gasteiger partial charge on any atom is 0.235 e. The van der Waals surface area contributed by atoms with Gasteiger partial charge in [-0.25, -0.2) is 9.97 Å². The third-order valence-electron chi connectivity index (χ3n) is 12.6. The van der Waals surface area contributed by atoms with Gasteiger partial charge in [-0.3, -0.25) is 4.57 Å². The smallest absolute Gasteiger partial charge is 0.235 e. The van der Waals surface area contributed by atoms with E-state index in [4.69, 9.17) is 14.4 Å². The van der Waals surface area contributed by atoms with E-state index in [0.717, 1.165) is 94.3 Å². The number of furan rings is 1. The van der Waals surface area contributed by atoms with Crippen molar-refractivity contribution in [3.63, 3.8) is 0 Å². The molecule has 14 rings (SSSR count). The lowest BCUT2D eigenvalue weighted by Gasteiger charge is -2.32. The number of fused-ring (bicyclic) bond motifs is 15. The van der Waals surface area contributed by atoms with Crippen molar-refractivity contribution in [3.05, 3.63) is 188 Å². The minimum absolute atomic E-state index is 0.630. The Labute approximate surface area is 342 Å². The highest BCUT2D eigenvalue weighted by atomic mass is 16.3. The number of rotatable bonds is 3. The molecule has 6 nitrogen and oxygen atoms in total. The molecule has 0 atom stereocenters. The molecule has 0 radical (unpaired) electrons. The number of anilines is 3. The fraction of sp³-hybridized carbons (Fsp3) is 0. The van der Waals surface area contributed by atoms with Crippen LogP contribution < -0.4 is 4.90 Å². The summed E-state index contributed by atoms with van der Waals surface area (Å²) in [4.78, 5) is 13.5. The quantitative estimate of drug-likeness (QED) is 0.180. The number of hydrogen-bond donors (Lipinski definition) is 0. The monoisotopic (exact) mass is 765 g/mol. The second kappa shape index (κ2) is 11.7. The van der Waals surface area contributed by atoms with Gasteiger partial charge in [0.25, 0.3) is 0 Å². The Morgan fingerprint density at radius 3 is 1.77 bits per heavy atom. The zero-order valence-electron chi connectivity index (χ0n) is 32.0. The van der Waals surface area contributed by atoms with Crippen LogP contribution in [0, 0.1) is 0 Å². The van der Waals surface area contributed by atoms with Crippen LogP contribution in [0.25, 0.3) is 110 Å². The average Bonchev–Trinajstić information content (AvgIpc) is 3.97. The van der Waals surface area contributed by atoms with Crippen LogP contribution in [0.5, 0.6) is 0 Å². The molecule has 9 aromatic carbocycles. The summed E-state index contributed by atoms with van der Waals surface area (Å²) in [5.74, 6) is 0.630. The molecule has 1 aliphatic rings. The summed E-state index contributed by atoms with van der Waals surface area (Å²) in [5.41, 5.74) is 13.2. The molecule has 5 heterocycles. The second-order valence-corrected chi connectivity index (χ2v) is 15.7. The summed E-state index contributed by atoms with van der Waals surface area (Å²) in [6.07, 6.45) is 0. The van der Waals surface area contributed by atoms with E-state index in [1.54, 1.807) is 0 Å². The van der Waals surface area contributed by atoms with Crippen molar-refractivity contribution in [3.8, 4) is 22.9 Å². The molecule has 0 saturated heterocycles. The topological polar surface area (TPSA) is 52.0 Å². The molecule has 0 aliphatic carbocycles. The SMILES string of the molecule is c1ccc(N2c3ccccc3-c3nc(-n4c5ccccc5c5c6ccccc6c6c7ccccc7n(-c7ccc8c(c7)oc7ccccc78)c6c54)nc4cccc2c34)cc1. The van der Waals surface area contributed by atoms with E-state index in [9.17, 15) is 0 Å². The largest absolute Gasteiger partial charge is 0.456 e. The lowest BCUT2D eigenvalue weighted by atomic mass is 9.96. The van der Waals surface area contributed by atoms with E-state index in [0.29, 0.717) is 5.95 Å². The van der Waals surface area contributed by atoms with Gasteiger partial charge in [0.2, 0.25) is 5.95 Å². The molecule has 4 aromatic heterocycles. The van der Waals surface area contributed by atoms with Crippen molar-refractivity contribution < 1.29 is 4.42 Å². The highest BCUT2D eigenvalue weighted by Gasteiger charge is 2.30. The summed E-state index contributed by atoms with van der Waals surface area (Å²) in [6, 6.07) is 66.9. The van der Waals surface area contributed by atoms with Crippen molar-refractivity contribution in [1.82, 2.24) is 19.1 Å². The Balaban J connectivity index is 1.16. The van der Waals surface area contributed by atoms with Gasteiger partial charge in [-0.1, -0.05) is 121 Å². The van der Waals surface area contributed by atoms with Gasteiger partial charge in [0.1, 0.15) is 11.2 Å². The summed E-state index contributed by atoms with van der Waals surface area (Å²) >= 11 is 0. The minimum atomic E-state index is 0.630. The first-order chi connectivity index (χ1) is 29.8. The van der Waals surface area contributed by atoms with Crippen molar-refractivity contribution in [2.24, 2.45) is 0 Å². The second-order valence-electron chi connectivity index (χ2n) is 15.7. The van der Waals surface area contributed by atoms with E-state index in [-0.39, 0.29) is 0 Å². The molecule has 0 bridgehead atoms. The Morgan fingerprint density at radius 1 is 0.383 bits per heavy atom.